The van der Waals surface area contributed by atoms with E-state index in [1.165, 1.54) is 122 Å². The summed E-state index contributed by atoms with van der Waals surface area (Å²) in [7, 11) is 8.63. The van der Waals surface area contributed by atoms with Crippen molar-refractivity contribution in [2.75, 3.05) is 28.2 Å². The quantitative estimate of drug-likeness (QED) is 0.176. The van der Waals surface area contributed by atoms with Gasteiger partial charge in [0.2, 0.25) is 0 Å². The van der Waals surface area contributed by atoms with Gasteiger partial charge >= 0.3 is 0 Å². The highest BCUT2D eigenvalue weighted by Gasteiger charge is 2.55. The van der Waals surface area contributed by atoms with Gasteiger partial charge in [-0.15, -0.1) is 0 Å². The minimum Gasteiger partial charge on any atom is -0.456 e. The monoisotopic (exact) mass is 926 g/mol. The fraction of sp³-hybridized carbons (Fsp3) is 0.118. The molecule has 0 N–H and O–H groups in total. The van der Waals surface area contributed by atoms with Crippen molar-refractivity contribution in [3.63, 3.8) is 0 Å². The van der Waals surface area contributed by atoms with E-state index in [0.717, 1.165) is 35.4 Å². The zero-order chi connectivity index (χ0) is 48.0. The van der Waals surface area contributed by atoms with Gasteiger partial charge in [-0.1, -0.05) is 182 Å². The van der Waals surface area contributed by atoms with Crippen LogP contribution in [-0.2, 0) is 23.9 Å². The van der Waals surface area contributed by atoms with E-state index in [0.29, 0.717) is 0 Å². The van der Waals surface area contributed by atoms with Crippen molar-refractivity contribution in [3.8, 4) is 44.5 Å². The highest BCUT2D eigenvalue weighted by Crippen LogP contribution is 2.67. The molecule has 2 aromatic heterocycles. The molecule has 2 spiro atoms. The summed E-state index contributed by atoms with van der Waals surface area (Å²) in [6, 6.07) is 75.6. The highest BCUT2D eigenvalue weighted by molar-refractivity contribution is 6.14. The second-order valence-electron chi connectivity index (χ2n) is 20.8. The van der Waals surface area contributed by atoms with Crippen LogP contribution in [-0.4, -0.2) is 38.0 Å². The Labute approximate surface area is 419 Å². The fourth-order valence-corrected chi connectivity index (χ4v) is 14.1. The number of furan rings is 2. The lowest BCUT2D eigenvalue weighted by Crippen LogP contribution is -2.28. The van der Waals surface area contributed by atoms with Crippen molar-refractivity contribution >= 4 is 43.9 Å². The van der Waals surface area contributed by atoms with Gasteiger partial charge in [0.1, 0.15) is 22.3 Å². The molecule has 0 aliphatic heterocycles. The molecule has 12 aromatic rings. The molecule has 0 amide bonds. The Morgan fingerprint density at radius 1 is 0.306 bits per heavy atom. The van der Waals surface area contributed by atoms with Crippen LogP contribution in [0.3, 0.4) is 0 Å². The van der Waals surface area contributed by atoms with E-state index in [-0.39, 0.29) is 0 Å². The summed E-state index contributed by atoms with van der Waals surface area (Å²) >= 11 is 0. The maximum absolute atomic E-state index is 6.75. The SMILES string of the molecule is CN(C)Cc1cccc2c1C1(c3ccccc3-2)c2ccccc2-c2ccc3c(oc4ccccc43)c21.CN(C)Cc1cccc2c1C1(c3ccccc3-2)c2ccccc2-c2ccc3oc4ccccc4c3c21. The summed E-state index contributed by atoms with van der Waals surface area (Å²) in [5.74, 6) is 0. The van der Waals surface area contributed by atoms with Crippen LogP contribution in [0.25, 0.3) is 88.4 Å². The molecule has 4 aliphatic carbocycles. The average Bonchev–Trinajstić information content (AvgIpc) is 4.24. The molecule has 2 heterocycles. The zero-order valence-corrected chi connectivity index (χ0v) is 40.8. The van der Waals surface area contributed by atoms with Crippen molar-refractivity contribution in [2.45, 2.75) is 23.9 Å². The Morgan fingerprint density at radius 3 is 1.24 bits per heavy atom. The number of para-hydroxylation sites is 2. The predicted molar refractivity (Wildman–Crippen MR) is 295 cm³/mol. The molecule has 0 saturated carbocycles. The Hall–Kier alpha value is -8.28. The highest BCUT2D eigenvalue weighted by atomic mass is 16.3. The molecule has 0 bridgehead atoms. The Bertz CT molecular complexity index is 4230. The number of benzene rings is 10. The Morgan fingerprint density at radius 2 is 0.708 bits per heavy atom. The van der Waals surface area contributed by atoms with Crippen LogP contribution in [0, 0.1) is 0 Å². The zero-order valence-electron chi connectivity index (χ0n) is 40.8. The maximum Gasteiger partial charge on any atom is 0.140 e. The molecule has 10 aromatic carbocycles. The fourth-order valence-electron chi connectivity index (χ4n) is 14.1. The van der Waals surface area contributed by atoms with Gasteiger partial charge in [-0.3, -0.25) is 0 Å². The van der Waals surface area contributed by atoms with Gasteiger partial charge in [-0.2, -0.15) is 0 Å². The lowest BCUT2D eigenvalue weighted by Gasteiger charge is -2.33. The van der Waals surface area contributed by atoms with E-state index in [9.17, 15) is 0 Å². The lowest BCUT2D eigenvalue weighted by molar-refractivity contribution is 0.400. The smallest absolute Gasteiger partial charge is 0.140 e. The Balaban J connectivity index is 0.000000128. The Kier molecular flexibility index (Phi) is 8.71. The summed E-state index contributed by atoms with van der Waals surface area (Å²) in [5.41, 5.74) is 27.3. The molecule has 4 nitrogen and oxygen atoms in total. The molecular formula is C68H50N2O2. The molecular weight excluding hydrogens is 877 g/mol. The molecule has 0 saturated heterocycles. The van der Waals surface area contributed by atoms with Crippen LogP contribution >= 0.6 is 0 Å². The molecule has 2 unspecified atom stereocenters. The van der Waals surface area contributed by atoms with Gasteiger partial charge in [0.05, 0.1) is 10.8 Å². The number of hydrogen-bond acceptors (Lipinski definition) is 4. The second-order valence-corrected chi connectivity index (χ2v) is 20.8. The molecule has 4 heteroatoms. The summed E-state index contributed by atoms with van der Waals surface area (Å²) in [6.07, 6.45) is 0. The summed E-state index contributed by atoms with van der Waals surface area (Å²) in [6.45, 7) is 1.77. The van der Waals surface area contributed by atoms with Gasteiger partial charge in [-0.05, 0) is 147 Å². The molecule has 0 fully saturated rings. The minimum atomic E-state index is -0.419. The minimum absolute atomic E-state index is 0.392. The third kappa shape index (κ3) is 5.27. The summed E-state index contributed by atoms with van der Waals surface area (Å²) < 4.78 is 13.2. The maximum atomic E-state index is 6.75. The first kappa shape index (κ1) is 41.5. The number of nitrogens with zero attached hydrogens (tertiary/aromatic N) is 2. The average molecular weight is 927 g/mol. The van der Waals surface area contributed by atoms with E-state index >= 15 is 0 Å². The van der Waals surface area contributed by atoms with E-state index in [1.807, 2.05) is 0 Å². The third-order valence-corrected chi connectivity index (χ3v) is 16.3. The number of fused-ring (bicyclic) bond motifs is 28. The standard InChI is InChI=1S/2C34H25NO/c1-35(2)20-21-10-9-14-24-22-11-3-6-15-27(22)34(32(21)24)28-16-7-4-12-23(28)25-18-19-30-31(33(25)34)26-13-5-8-17-29(26)36-30;1-35(2)20-21-10-9-14-25-22-11-3-6-15-28(22)34(31(21)25)29-16-7-4-12-23(29)26-18-19-27-24-13-5-8-17-30(24)36-33(27)32(26)34/h2*3-19H,20H2,1-2H3. The van der Waals surface area contributed by atoms with Crippen molar-refractivity contribution < 1.29 is 8.83 Å². The van der Waals surface area contributed by atoms with Crippen LogP contribution in [0.4, 0.5) is 0 Å². The third-order valence-electron chi connectivity index (χ3n) is 16.3. The second kappa shape index (κ2) is 15.1. The van der Waals surface area contributed by atoms with Gasteiger partial charge in [0.15, 0.2) is 0 Å². The molecule has 0 radical (unpaired) electrons. The van der Waals surface area contributed by atoms with Crippen LogP contribution in [0.15, 0.2) is 215 Å². The predicted octanol–water partition coefficient (Wildman–Crippen LogP) is 16.0. The van der Waals surface area contributed by atoms with Crippen molar-refractivity contribution in [1.29, 1.82) is 0 Å². The number of hydrogen-bond donors (Lipinski definition) is 0. The summed E-state index contributed by atoms with van der Waals surface area (Å²) in [5, 5.41) is 4.79. The van der Waals surface area contributed by atoms with E-state index < -0.39 is 10.8 Å². The van der Waals surface area contributed by atoms with Crippen molar-refractivity contribution in [1.82, 2.24) is 9.80 Å². The van der Waals surface area contributed by atoms with Crippen LogP contribution < -0.4 is 0 Å². The van der Waals surface area contributed by atoms with Crippen LogP contribution in [0.1, 0.15) is 55.6 Å². The first-order valence-electron chi connectivity index (χ1n) is 25.2. The topological polar surface area (TPSA) is 32.8 Å². The van der Waals surface area contributed by atoms with Gasteiger partial charge < -0.3 is 18.6 Å². The number of rotatable bonds is 4. The lowest BCUT2D eigenvalue weighted by atomic mass is 9.68. The first-order chi connectivity index (χ1) is 35.4. The molecule has 344 valence electrons. The van der Waals surface area contributed by atoms with E-state index in [1.54, 1.807) is 0 Å². The largest absolute Gasteiger partial charge is 0.456 e. The molecule has 16 rings (SSSR count). The first-order valence-corrected chi connectivity index (χ1v) is 25.2. The molecule has 4 aliphatic rings. The van der Waals surface area contributed by atoms with Crippen molar-refractivity contribution in [2.24, 2.45) is 0 Å². The molecule has 72 heavy (non-hydrogen) atoms. The van der Waals surface area contributed by atoms with Crippen LogP contribution in [0.5, 0.6) is 0 Å². The molecule has 2 atom stereocenters. The van der Waals surface area contributed by atoms with Gasteiger partial charge in [-0.25, -0.2) is 0 Å². The van der Waals surface area contributed by atoms with Crippen LogP contribution in [0.2, 0.25) is 0 Å². The van der Waals surface area contributed by atoms with E-state index in [4.69, 9.17) is 8.83 Å². The van der Waals surface area contributed by atoms with Gasteiger partial charge in [0, 0.05) is 40.2 Å². The summed E-state index contributed by atoms with van der Waals surface area (Å²) in [4.78, 5) is 4.55. The normalized spacial score (nSPS) is 17.1. The van der Waals surface area contributed by atoms with Gasteiger partial charge in [0.25, 0.3) is 0 Å². The van der Waals surface area contributed by atoms with Crippen molar-refractivity contribution in [3.05, 3.63) is 262 Å². The van der Waals surface area contributed by atoms with E-state index in [2.05, 4.69) is 244 Å².